The molecule has 1 aromatic heterocycles. The van der Waals surface area contributed by atoms with Crippen LogP contribution < -0.4 is 10.1 Å². The number of aryl methyl sites for hydroxylation is 1. The molecule has 3 rings (SSSR count). The van der Waals surface area contributed by atoms with Crippen LogP contribution in [0.4, 0.5) is 0 Å². The Kier molecular flexibility index (Phi) is 5.10. The highest BCUT2D eigenvalue weighted by Crippen LogP contribution is 2.32. The first-order chi connectivity index (χ1) is 11.6. The highest BCUT2D eigenvalue weighted by atomic mass is 79.9. The van der Waals surface area contributed by atoms with Gasteiger partial charge in [-0.15, -0.1) is 0 Å². The molecule has 1 heterocycles. The minimum atomic E-state index is -0.203. The summed E-state index contributed by atoms with van der Waals surface area (Å²) < 4.78 is 11.4. The SMILES string of the molecule is Cc1noc(CCNC(=O)COc2ccc3ccccc3c2Br)n1. The van der Waals surface area contributed by atoms with Crippen LogP contribution in [0.3, 0.4) is 0 Å². The van der Waals surface area contributed by atoms with Crippen LogP contribution >= 0.6 is 15.9 Å². The molecule has 1 amide bonds. The highest BCUT2D eigenvalue weighted by molar-refractivity contribution is 9.10. The van der Waals surface area contributed by atoms with Gasteiger partial charge in [0.05, 0.1) is 4.47 Å². The maximum atomic E-state index is 11.9. The first-order valence-electron chi connectivity index (χ1n) is 7.49. The number of halogens is 1. The summed E-state index contributed by atoms with van der Waals surface area (Å²) in [6.07, 6.45) is 0.492. The van der Waals surface area contributed by atoms with E-state index in [9.17, 15) is 4.79 Å². The number of carbonyl (C=O) groups excluding carboxylic acids is 1. The Balaban J connectivity index is 1.52. The Morgan fingerprint density at radius 1 is 1.29 bits per heavy atom. The Hall–Kier alpha value is -2.41. The molecular formula is C17H16BrN3O3. The lowest BCUT2D eigenvalue weighted by Gasteiger charge is -2.10. The number of nitrogens with zero attached hydrogens (tertiary/aromatic N) is 2. The average Bonchev–Trinajstić information content (AvgIpc) is 3.00. The molecule has 7 heteroatoms. The van der Waals surface area contributed by atoms with E-state index < -0.39 is 0 Å². The molecular weight excluding hydrogens is 374 g/mol. The summed E-state index contributed by atoms with van der Waals surface area (Å²) in [5.41, 5.74) is 0. The minimum absolute atomic E-state index is 0.0558. The third-order valence-electron chi connectivity index (χ3n) is 3.42. The second-order valence-electron chi connectivity index (χ2n) is 5.22. The molecule has 0 fully saturated rings. The second-order valence-corrected chi connectivity index (χ2v) is 6.02. The summed E-state index contributed by atoms with van der Waals surface area (Å²) in [5.74, 6) is 1.52. The quantitative estimate of drug-likeness (QED) is 0.700. The van der Waals surface area contributed by atoms with Crippen LogP contribution in [0.1, 0.15) is 11.7 Å². The van der Waals surface area contributed by atoms with E-state index in [1.165, 1.54) is 0 Å². The summed E-state index contributed by atoms with van der Waals surface area (Å²) in [4.78, 5) is 15.9. The lowest BCUT2D eigenvalue weighted by molar-refractivity contribution is -0.123. The van der Waals surface area contributed by atoms with E-state index in [0.717, 1.165) is 15.2 Å². The van der Waals surface area contributed by atoms with Gasteiger partial charge >= 0.3 is 0 Å². The van der Waals surface area contributed by atoms with E-state index in [-0.39, 0.29) is 12.5 Å². The van der Waals surface area contributed by atoms with Gasteiger partial charge in [-0.25, -0.2) is 0 Å². The molecule has 0 aliphatic heterocycles. The van der Waals surface area contributed by atoms with Crippen molar-refractivity contribution in [2.45, 2.75) is 13.3 Å². The largest absolute Gasteiger partial charge is 0.483 e. The van der Waals surface area contributed by atoms with Crippen LogP contribution in [0.25, 0.3) is 10.8 Å². The van der Waals surface area contributed by atoms with Gasteiger partial charge in [-0.1, -0.05) is 35.5 Å². The molecule has 0 aliphatic carbocycles. The molecule has 0 aliphatic rings. The number of hydrogen-bond donors (Lipinski definition) is 1. The molecule has 0 spiro atoms. The number of aromatic nitrogens is 2. The van der Waals surface area contributed by atoms with Crippen molar-refractivity contribution in [1.29, 1.82) is 0 Å². The third-order valence-corrected chi connectivity index (χ3v) is 4.24. The van der Waals surface area contributed by atoms with Crippen LogP contribution in [0.5, 0.6) is 5.75 Å². The van der Waals surface area contributed by atoms with Crippen LogP contribution in [0, 0.1) is 6.92 Å². The van der Waals surface area contributed by atoms with Gasteiger partial charge in [-0.3, -0.25) is 4.79 Å². The van der Waals surface area contributed by atoms with Gasteiger partial charge in [-0.05, 0) is 39.7 Å². The van der Waals surface area contributed by atoms with E-state index >= 15 is 0 Å². The van der Waals surface area contributed by atoms with E-state index in [1.807, 2.05) is 36.4 Å². The zero-order valence-corrected chi connectivity index (χ0v) is 14.7. The summed E-state index contributed by atoms with van der Waals surface area (Å²) in [6.45, 7) is 2.11. The number of amides is 1. The number of carbonyl (C=O) groups is 1. The maximum Gasteiger partial charge on any atom is 0.257 e. The monoisotopic (exact) mass is 389 g/mol. The van der Waals surface area contributed by atoms with E-state index in [4.69, 9.17) is 9.26 Å². The molecule has 24 heavy (non-hydrogen) atoms. The van der Waals surface area contributed by atoms with E-state index in [2.05, 4.69) is 31.4 Å². The fourth-order valence-corrected chi connectivity index (χ4v) is 2.88. The van der Waals surface area contributed by atoms with Crippen molar-refractivity contribution >= 4 is 32.6 Å². The molecule has 1 N–H and O–H groups in total. The normalized spacial score (nSPS) is 10.8. The zero-order chi connectivity index (χ0) is 16.9. The Labute approximate surface area is 147 Å². The van der Waals surface area contributed by atoms with Crippen molar-refractivity contribution < 1.29 is 14.1 Å². The first kappa shape index (κ1) is 16.4. The fourth-order valence-electron chi connectivity index (χ4n) is 2.27. The van der Waals surface area contributed by atoms with Crippen molar-refractivity contribution in [3.8, 4) is 5.75 Å². The fraction of sp³-hybridized carbons (Fsp3) is 0.235. The van der Waals surface area contributed by atoms with Gasteiger partial charge in [0.25, 0.3) is 5.91 Å². The number of fused-ring (bicyclic) bond motifs is 1. The van der Waals surface area contributed by atoms with Gasteiger partial charge in [0.15, 0.2) is 12.4 Å². The Morgan fingerprint density at radius 3 is 2.92 bits per heavy atom. The molecule has 0 saturated heterocycles. The van der Waals surface area contributed by atoms with Crippen LogP contribution in [0.2, 0.25) is 0 Å². The van der Waals surface area contributed by atoms with Crippen molar-refractivity contribution in [2.24, 2.45) is 0 Å². The molecule has 0 saturated carbocycles. The molecule has 0 unspecified atom stereocenters. The van der Waals surface area contributed by atoms with E-state index in [0.29, 0.717) is 30.4 Å². The Bertz CT molecular complexity index is 863. The second kappa shape index (κ2) is 7.44. The summed E-state index contributed by atoms with van der Waals surface area (Å²) in [5, 5.41) is 8.61. The summed E-state index contributed by atoms with van der Waals surface area (Å²) in [7, 11) is 0. The van der Waals surface area contributed by atoms with Gasteiger partial charge in [0.1, 0.15) is 5.75 Å². The molecule has 0 atom stereocenters. The first-order valence-corrected chi connectivity index (χ1v) is 8.29. The predicted octanol–water partition coefficient (Wildman–Crippen LogP) is 3.03. The maximum absolute atomic E-state index is 11.9. The lowest BCUT2D eigenvalue weighted by Crippen LogP contribution is -2.30. The molecule has 6 nitrogen and oxygen atoms in total. The average molecular weight is 390 g/mol. The lowest BCUT2D eigenvalue weighted by atomic mass is 10.1. The third kappa shape index (κ3) is 3.91. The predicted molar refractivity (Wildman–Crippen MR) is 92.9 cm³/mol. The number of nitrogens with one attached hydrogen (secondary N) is 1. The van der Waals surface area contributed by atoms with Gasteiger partial charge in [-0.2, -0.15) is 4.98 Å². The topological polar surface area (TPSA) is 77.2 Å². The van der Waals surface area contributed by atoms with Crippen molar-refractivity contribution in [3.63, 3.8) is 0 Å². The van der Waals surface area contributed by atoms with E-state index in [1.54, 1.807) is 6.92 Å². The van der Waals surface area contributed by atoms with Crippen LogP contribution in [-0.2, 0) is 11.2 Å². The van der Waals surface area contributed by atoms with Crippen molar-refractivity contribution in [2.75, 3.05) is 13.2 Å². The number of rotatable bonds is 6. The highest BCUT2D eigenvalue weighted by Gasteiger charge is 2.09. The number of hydrogen-bond acceptors (Lipinski definition) is 5. The smallest absolute Gasteiger partial charge is 0.257 e. The number of benzene rings is 2. The van der Waals surface area contributed by atoms with Crippen molar-refractivity contribution in [3.05, 3.63) is 52.6 Å². The molecule has 3 aromatic rings. The molecule has 2 aromatic carbocycles. The zero-order valence-electron chi connectivity index (χ0n) is 13.1. The number of ether oxygens (including phenoxy) is 1. The molecule has 0 bridgehead atoms. The Morgan fingerprint density at radius 2 is 2.12 bits per heavy atom. The van der Waals surface area contributed by atoms with Crippen LogP contribution in [-0.4, -0.2) is 29.2 Å². The van der Waals surface area contributed by atoms with Gasteiger partial charge in [0, 0.05) is 13.0 Å². The summed E-state index contributed by atoms with van der Waals surface area (Å²) in [6, 6.07) is 11.8. The minimum Gasteiger partial charge on any atom is -0.483 e. The van der Waals surface area contributed by atoms with Crippen LogP contribution in [0.15, 0.2) is 45.4 Å². The van der Waals surface area contributed by atoms with Gasteiger partial charge in [0.2, 0.25) is 5.89 Å². The van der Waals surface area contributed by atoms with Gasteiger partial charge < -0.3 is 14.6 Å². The standard InChI is InChI=1S/C17H16BrN3O3/c1-11-20-16(24-21-11)8-9-19-15(22)10-23-14-7-6-12-4-2-3-5-13(12)17(14)18/h2-7H,8-10H2,1H3,(H,19,22). The summed E-state index contributed by atoms with van der Waals surface area (Å²) >= 11 is 3.53. The van der Waals surface area contributed by atoms with Crippen molar-refractivity contribution in [1.82, 2.24) is 15.5 Å². The molecule has 124 valence electrons. The molecule has 0 radical (unpaired) electrons.